The minimum Gasteiger partial charge on any atom is -0.331 e. The van der Waals surface area contributed by atoms with Gasteiger partial charge in [-0.3, -0.25) is 4.79 Å². The van der Waals surface area contributed by atoms with Gasteiger partial charge in [-0.2, -0.15) is 13.2 Å². The van der Waals surface area contributed by atoms with Crippen LogP contribution in [0.4, 0.5) is 24.7 Å². The molecule has 1 aromatic carbocycles. The van der Waals surface area contributed by atoms with E-state index in [0.29, 0.717) is 11.4 Å². The van der Waals surface area contributed by atoms with Crippen LogP contribution in [0.3, 0.4) is 0 Å². The molecule has 0 spiro atoms. The van der Waals surface area contributed by atoms with Crippen LogP contribution in [0.15, 0.2) is 42.6 Å². The quantitative estimate of drug-likeness (QED) is 0.855. The van der Waals surface area contributed by atoms with E-state index < -0.39 is 17.6 Å². The Morgan fingerprint density at radius 3 is 2.62 bits per heavy atom. The molecule has 3 N–H and O–H groups in total. The average molecular weight is 366 g/mol. The molecule has 0 unspecified atom stereocenters. The van der Waals surface area contributed by atoms with E-state index >= 15 is 0 Å². The molecule has 5 nitrogen and oxygen atoms in total. The molecule has 1 aromatic heterocycles. The summed E-state index contributed by atoms with van der Waals surface area (Å²) < 4.78 is 38.5. The van der Waals surface area contributed by atoms with Crippen molar-refractivity contribution < 1.29 is 27.8 Å². The zero-order valence-corrected chi connectivity index (χ0v) is 14.4. The molecule has 1 saturated heterocycles. The van der Waals surface area contributed by atoms with Crippen LogP contribution < -0.4 is 20.1 Å². The smallest absolute Gasteiger partial charge is 0.331 e. The monoisotopic (exact) mass is 366 g/mol. The van der Waals surface area contributed by atoms with Gasteiger partial charge in [-0.25, -0.2) is 9.88 Å². The van der Waals surface area contributed by atoms with Crippen LogP contribution in [0, 0.1) is 0 Å². The van der Waals surface area contributed by atoms with Crippen LogP contribution in [0.25, 0.3) is 0 Å². The number of hydrogen-bond acceptors (Lipinski definition) is 2. The lowest BCUT2D eigenvalue weighted by molar-refractivity contribution is -0.880. The van der Waals surface area contributed by atoms with E-state index in [0.717, 1.165) is 38.3 Å². The summed E-state index contributed by atoms with van der Waals surface area (Å²) in [6.07, 6.45) is -2.71. The Balaban J connectivity index is 1.81. The molecular weight excluding hydrogens is 345 g/mol. The van der Waals surface area contributed by atoms with E-state index in [4.69, 9.17) is 0 Å². The van der Waals surface area contributed by atoms with Gasteiger partial charge in [0.15, 0.2) is 0 Å². The molecule has 0 radical (unpaired) electrons. The van der Waals surface area contributed by atoms with Gasteiger partial charge in [0, 0.05) is 5.69 Å². The number of carbonyl (C=O) groups is 1. The second-order valence-corrected chi connectivity index (χ2v) is 6.41. The number of aromatic amines is 1. The highest BCUT2D eigenvalue weighted by Crippen LogP contribution is 2.30. The number of piperazine rings is 1. The van der Waals surface area contributed by atoms with Gasteiger partial charge >= 0.3 is 6.18 Å². The summed E-state index contributed by atoms with van der Waals surface area (Å²) in [6, 6.07) is 8.00. The molecule has 2 heterocycles. The molecule has 8 heteroatoms. The predicted molar refractivity (Wildman–Crippen MR) is 91.2 cm³/mol. The highest BCUT2D eigenvalue weighted by Gasteiger charge is 2.31. The van der Waals surface area contributed by atoms with Crippen molar-refractivity contribution in [1.82, 2.24) is 0 Å². The van der Waals surface area contributed by atoms with Crippen molar-refractivity contribution in [2.24, 2.45) is 0 Å². The van der Waals surface area contributed by atoms with Gasteiger partial charge in [0.1, 0.15) is 31.7 Å². The fraction of sp³-hybridized carbons (Fsp3) is 0.333. The summed E-state index contributed by atoms with van der Waals surface area (Å²) in [6.45, 7) is 3.52. The zero-order chi connectivity index (χ0) is 18.7. The predicted octanol–water partition coefficient (Wildman–Crippen LogP) is 1.11. The van der Waals surface area contributed by atoms with Gasteiger partial charge in [-0.05, 0) is 30.3 Å². The number of H-pyrrole nitrogens is 1. The Morgan fingerprint density at radius 1 is 1.19 bits per heavy atom. The van der Waals surface area contributed by atoms with Crippen molar-refractivity contribution in [1.29, 1.82) is 0 Å². The minimum atomic E-state index is -4.45. The number of quaternary nitrogens is 1. The molecule has 0 atom stereocenters. The molecule has 1 amide bonds. The molecule has 3 rings (SSSR count). The fourth-order valence-electron chi connectivity index (χ4n) is 2.96. The standard InChI is InChI=1S/C18H19F3N4O/c1-24-8-10-25(11-9-24)16-15(6-3-7-22-16)17(26)23-14-5-2-4-13(12-14)18(19,20)21/h2-7,12H,8-11H2,1H3,(H,23,26)/p+2. The van der Waals surface area contributed by atoms with Gasteiger partial charge < -0.3 is 10.2 Å². The zero-order valence-electron chi connectivity index (χ0n) is 14.4. The number of likely N-dealkylation sites (N-methyl/N-ethyl adjacent to an activating group) is 1. The second kappa shape index (κ2) is 7.33. The van der Waals surface area contributed by atoms with Crippen LogP contribution in [0.2, 0.25) is 0 Å². The molecule has 1 aliphatic heterocycles. The fourth-order valence-corrected chi connectivity index (χ4v) is 2.96. The first-order chi connectivity index (χ1) is 12.3. The maximum atomic E-state index is 12.8. The summed E-state index contributed by atoms with van der Waals surface area (Å²) in [7, 11) is 2.12. The van der Waals surface area contributed by atoms with Crippen molar-refractivity contribution in [2.75, 3.05) is 43.4 Å². The van der Waals surface area contributed by atoms with Gasteiger partial charge in [0.05, 0.1) is 18.8 Å². The highest BCUT2D eigenvalue weighted by atomic mass is 19.4. The normalized spacial score (nSPS) is 15.8. The first-order valence-electron chi connectivity index (χ1n) is 8.40. The number of anilines is 2. The molecule has 1 fully saturated rings. The Bertz CT molecular complexity index is 786. The largest absolute Gasteiger partial charge is 0.416 e. The lowest BCUT2D eigenvalue weighted by Gasteiger charge is -2.26. The first kappa shape index (κ1) is 18.2. The number of amides is 1. The van der Waals surface area contributed by atoms with E-state index in [1.54, 1.807) is 18.3 Å². The Morgan fingerprint density at radius 2 is 1.92 bits per heavy atom. The van der Waals surface area contributed by atoms with E-state index in [9.17, 15) is 18.0 Å². The first-order valence-corrected chi connectivity index (χ1v) is 8.40. The number of nitrogens with zero attached hydrogens (tertiary/aromatic N) is 1. The molecule has 26 heavy (non-hydrogen) atoms. The number of halogens is 3. The number of aromatic nitrogens is 1. The van der Waals surface area contributed by atoms with Crippen molar-refractivity contribution in [3.63, 3.8) is 0 Å². The maximum Gasteiger partial charge on any atom is 0.416 e. The third-order valence-corrected chi connectivity index (χ3v) is 4.46. The molecule has 138 valence electrons. The number of pyridine rings is 1. The van der Waals surface area contributed by atoms with Crippen molar-refractivity contribution in [3.05, 3.63) is 53.7 Å². The average Bonchev–Trinajstić information content (AvgIpc) is 2.62. The van der Waals surface area contributed by atoms with E-state index in [1.165, 1.54) is 17.0 Å². The van der Waals surface area contributed by atoms with E-state index in [-0.39, 0.29) is 5.69 Å². The van der Waals surface area contributed by atoms with Crippen LogP contribution in [0.1, 0.15) is 15.9 Å². The summed E-state index contributed by atoms with van der Waals surface area (Å²) >= 11 is 0. The summed E-state index contributed by atoms with van der Waals surface area (Å²) in [5.41, 5.74) is -0.274. The minimum absolute atomic E-state index is 0.113. The van der Waals surface area contributed by atoms with Crippen LogP contribution in [-0.4, -0.2) is 39.1 Å². The maximum absolute atomic E-state index is 12.8. The third kappa shape index (κ3) is 4.13. The molecule has 1 aliphatic rings. The van der Waals surface area contributed by atoms with E-state index in [2.05, 4.69) is 22.2 Å². The second-order valence-electron chi connectivity index (χ2n) is 6.41. The third-order valence-electron chi connectivity index (χ3n) is 4.46. The number of nitrogens with one attached hydrogen (secondary N) is 3. The molecule has 2 aromatic rings. The summed E-state index contributed by atoms with van der Waals surface area (Å²) in [4.78, 5) is 19.3. The molecule has 0 saturated carbocycles. The summed E-state index contributed by atoms with van der Waals surface area (Å²) in [5, 5.41) is 2.57. The Kier molecular flexibility index (Phi) is 5.13. The van der Waals surface area contributed by atoms with Crippen molar-refractivity contribution in [2.45, 2.75) is 6.18 Å². The topological polar surface area (TPSA) is 50.9 Å². The Labute approximate surface area is 149 Å². The van der Waals surface area contributed by atoms with Crippen LogP contribution in [0.5, 0.6) is 0 Å². The van der Waals surface area contributed by atoms with Gasteiger partial charge in [-0.15, -0.1) is 0 Å². The number of alkyl halides is 3. The van der Waals surface area contributed by atoms with E-state index in [1.807, 2.05) is 0 Å². The number of hydrogen-bond donors (Lipinski definition) is 2. The van der Waals surface area contributed by atoms with Gasteiger partial charge in [0.25, 0.3) is 11.7 Å². The molecule has 0 bridgehead atoms. The van der Waals surface area contributed by atoms with Crippen LogP contribution >= 0.6 is 0 Å². The van der Waals surface area contributed by atoms with Crippen molar-refractivity contribution in [3.8, 4) is 0 Å². The van der Waals surface area contributed by atoms with Crippen LogP contribution in [-0.2, 0) is 6.18 Å². The SMILES string of the molecule is C[NH+]1CCN(c2[nH+]cccc2C(=O)Nc2cccc(C(F)(F)F)c2)CC1. The number of rotatable bonds is 3. The Hall–Kier alpha value is -2.61. The summed E-state index contributed by atoms with van der Waals surface area (Å²) in [5.74, 6) is 0.243. The molecular formula is C18H21F3N4O+2. The highest BCUT2D eigenvalue weighted by molar-refractivity contribution is 6.07. The van der Waals surface area contributed by atoms with Gasteiger partial charge in [0.2, 0.25) is 0 Å². The number of carbonyl (C=O) groups excluding carboxylic acids is 1. The van der Waals surface area contributed by atoms with Gasteiger partial charge in [-0.1, -0.05) is 6.07 Å². The lowest BCUT2D eigenvalue weighted by Crippen LogP contribution is -3.12. The lowest BCUT2D eigenvalue weighted by atomic mass is 10.1. The number of benzene rings is 1. The van der Waals surface area contributed by atoms with Crippen molar-refractivity contribution >= 4 is 17.4 Å². The molecule has 0 aliphatic carbocycles.